The van der Waals surface area contributed by atoms with E-state index < -0.39 is 0 Å². The van der Waals surface area contributed by atoms with Crippen molar-refractivity contribution < 1.29 is 4.79 Å². The standard InChI is InChI=1S/C27H38N2O/c1-2-24-12-20-13-26(15-24,21-6-4-3-5-7-21)17-27(14-20,16-24)23(30)29-22-8-10-25(11-9-22)18-28-19-25/h3-7,20,22,28H,2,8-19H2,1H3,(H,29,30). The summed E-state index contributed by atoms with van der Waals surface area (Å²) in [7, 11) is 0. The summed E-state index contributed by atoms with van der Waals surface area (Å²) in [6.45, 7) is 4.76. The van der Waals surface area contributed by atoms with E-state index in [1.54, 1.807) is 0 Å². The van der Waals surface area contributed by atoms with Crippen LogP contribution in [0.25, 0.3) is 0 Å². The van der Waals surface area contributed by atoms with Crippen LogP contribution in [-0.2, 0) is 10.2 Å². The van der Waals surface area contributed by atoms with Crippen molar-refractivity contribution in [1.82, 2.24) is 10.6 Å². The highest BCUT2D eigenvalue weighted by atomic mass is 16.2. The molecule has 3 nitrogen and oxygen atoms in total. The molecule has 4 bridgehead atoms. The summed E-state index contributed by atoms with van der Waals surface area (Å²) in [6, 6.07) is 11.6. The fourth-order valence-electron chi connectivity index (χ4n) is 8.94. The number of carbonyl (C=O) groups is 1. The largest absolute Gasteiger partial charge is 0.353 e. The van der Waals surface area contributed by atoms with E-state index in [0.29, 0.717) is 22.8 Å². The molecule has 1 saturated heterocycles. The molecule has 6 fully saturated rings. The molecular weight excluding hydrogens is 368 g/mol. The van der Waals surface area contributed by atoms with E-state index in [1.807, 2.05) is 0 Å². The maximum absolute atomic E-state index is 13.9. The molecule has 1 aromatic carbocycles. The van der Waals surface area contributed by atoms with Gasteiger partial charge in [0.25, 0.3) is 0 Å². The van der Waals surface area contributed by atoms with Gasteiger partial charge in [-0.2, -0.15) is 0 Å². The Balaban J connectivity index is 1.26. The molecule has 5 aliphatic carbocycles. The third-order valence-corrected chi connectivity index (χ3v) is 10.2. The normalized spacial score (nSPS) is 41.6. The van der Waals surface area contributed by atoms with Crippen LogP contribution in [0.1, 0.15) is 83.1 Å². The molecule has 30 heavy (non-hydrogen) atoms. The Hall–Kier alpha value is -1.35. The number of hydrogen-bond donors (Lipinski definition) is 2. The third-order valence-electron chi connectivity index (χ3n) is 10.2. The maximum atomic E-state index is 13.9. The van der Waals surface area contributed by atoms with E-state index in [1.165, 1.54) is 70.0 Å². The van der Waals surface area contributed by atoms with Gasteiger partial charge in [-0.15, -0.1) is 0 Å². The predicted molar refractivity (Wildman–Crippen MR) is 120 cm³/mol. The van der Waals surface area contributed by atoms with E-state index in [9.17, 15) is 4.79 Å². The van der Waals surface area contributed by atoms with E-state index in [-0.39, 0.29) is 10.8 Å². The molecule has 1 heterocycles. The van der Waals surface area contributed by atoms with E-state index in [2.05, 4.69) is 47.9 Å². The van der Waals surface area contributed by atoms with Crippen LogP contribution in [0.2, 0.25) is 0 Å². The van der Waals surface area contributed by atoms with Gasteiger partial charge >= 0.3 is 0 Å². The van der Waals surface area contributed by atoms with Crippen molar-refractivity contribution >= 4 is 5.91 Å². The zero-order valence-corrected chi connectivity index (χ0v) is 18.6. The van der Waals surface area contributed by atoms with Gasteiger partial charge in [-0.3, -0.25) is 4.79 Å². The molecule has 7 rings (SSSR count). The van der Waals surface area contributed by atoms with Crippen molar-refractivity contribution in [3.8, 4) is 0 Å². The van der Waals surface area contributed by atoms with E-state index >= 15 is 0 Å². The van der Waals surface area contributed by atoms with Gasteiger partial charge in [-0.25, -0.2) is 0 Å². The van der Waals surface area contributed by atoms with Crippen LogP contribution in [0.15, 0.2) is 30.3 Å². The zero-order valence-electron chi connectivity index (χ0n) is 18.6. The maximum Gasteiger partial charge on any atom is 0.226 e. The summed E-state index contributed by atoms with van der Waals surface area (Å²) in [4.78, 5) is 13.9. The summed E-state index contributed by atoms with van der Waals surface area (Å²) in [5.74, 6) is 1.14. The van der Waals surface area contributed by atoms with Crippen molar-refractivity contribution in [1.29, 1.82) is 0 Å². The van der Waals surface area contributed by atoms with Gasteiger partial charge in [0.1, 0.15) is 0 Å². The molecule has 162 valence electrons. The molecule has 4 unspecified atom stereocenters. The highest BCUT2D eigenvalue weighted by molar-refractivity contribution is 5.84. The number of carbonyl (C=O) groups excluding carboxylic acids is 1. The van der Waals surface area contributed by atoms with Crippen LogP contribution in [0.4, 0.5) is 0 Å². The van der Waals surface area contributed by atoms with Gasteiger partial charge in [0.2, 0.25) is 5.91 Å². The van der Waals surface area contributed by atoms with E-state index in [4.69, 9.17) is 0 Å². The van der Waals surface area contributed by atoms with Gasteiger partial charge in [0.15, 0.2) is 0 Å². The Morgan fingerprint density at radius 1 is 1.03 bits per heavy atom. The van der Waals surface area contributed by atoms with Gasteiger partial charge in [-0.1, -0.05) is 43.7 Å². The van der Waals surface area contributed by atoms with Gasteiger partial charge in [0, 0.05) is 19.1 Å². The van der Waals surface area contributed by atoms with Gasteiger partial charge in [0.05, 0.1) is 5.41 Å². The van der Waals surface area contributed by atoms with Crippen LogP contribution in [0, 0.1) is 22.2 Å². The Kier molecular flexibility index (Phi) is 4.24. The van der Waals surface area contributed by atoms with E-state index in [0.717, 1.165) is 25.2 Å². The van der Waals surface area contributed by atoms with Gasteiger partial charge in [-0.05, 0) is 91.9 Å². The SMILES string of the molecule is CCC12CC3CC(C(=O)NC4CCC5(CC4)CNC5)(C1)CC(c1ccccc1)(C3)C2. The van der Waals surface area contributed by atoms with Crippen LogP contribution >= 0.6 is 0 Å². The molecular formula is C27H38N2O. The number of hydrogen-bond acceptors (Lipinski definition) is 2. The first-order valence-electron chi connectivity index (χ1n) is 12.6. The molecule has 4 atom stereocenters. The minimum absolute atomic E-state index is 0.127. The lowest BCUT2D eigenvalue weighted by Gasteiger charge is -2.66. The molecule has 1 aliphatic heterocycles. The second kappa shape index (κ2) is 6.58. The molecule has 2 N–H and O–H groups in total. The van der Waals surface area contributed by atoms with Crippen molar-refractivity contribution in [3.63, 3.8) is 0 Å². The topological polar surface area (TPSA) is 41.1 Å². The summed E-state index contributed by atoms with van der Waals surface area (Å²) >= 11 is 0. The van der Waals surface area contributed by atoms with Crippen molar-refractivity contribution in [3.05, 3.63) is 35.9 Å². The molecule has 6 aliphatic rings. The quantitative estimate of drug-likeness (QED) is 0.742. The van der Waals surface area contributed by atoms with Crippen molar-refractivity contribution in [2.45, 2.75) is 89.0 Å². The first-order chi connectivity index (χ1) is 14.5. The second-order valence-electron chi connectivity index (χ2n) is 12.1. The zero-order chi connectivity index (χ0) is 20.5. The number of benzene rings is 1. The third kappa shape index (κ3) is 2.83. The highest BCUT2D eigenvalue weighted by Gasteiger charge is 2.65. The Morgan fingerprint density at radius 2 is 1.80 bits per heavy atom. The highest BCUT2D eigenvalue weighted by Crippen LogP contribution is 2.71. The Labute approximate surface area is 181 Å². The first kappa shape index (κ1) is 19.3. The average molecular weight is 407 g/mol. The number of rotatable bonds is 4. The predicted octanol–water partition coefficient (Wildman–Crippen LogP) is 4.95. The monoisotopic (exact) mass is 406 g/mol. The summed E-state index contributed by atoms with van der Waals surface area (Å²) in [6.07, 6.45) is 13.4. The molecule has 0 radical (unpaired) electrons. The fraction of sp³-hybridized carbons (Fsp3) is 0.741. The minimum atomic E-state index is -0.127. The molecule has 1 aromatic rings. The number of amides is 1. The summed E-state index contributed by atoms with van der Waals surface area (Å²) in [5, 5.41) is 7.07. The Bertz CT molecular complexity index is 823. The average Bonchev–Trinajstić information content (AvgIpc) is 2.73. The van der Waals surface area contributed by atoms with Crippen LogP contribution in [-0.4, -0.2) is 25.0 Å². The summed E-state index contributed by atoms with van der Waals surface area (Å²) in [5.41, 5.74) is 2.54. The molecule has 3 heteroatoms. The molecule has 5 saturated carbocycles. The second-order valence-corrected chi connectivity index (χ2v) is 12.1. The van der Waals surface area contributed by atoms with Crippen LogP contribution in [0.3, 0.4) is 0 Å². The lowest BCUT2D eigenvalue weighted by atomic mass is 9.38. The number of nitrogens with one attached hydrogen (secondary N) is 2. The van der Waals surface area contributed by atoms with Gasteiger partial charge < -0.3 is 10.6 Å². The minimum Gasteiger partial charge on any atom is -0.353 e. The van der Waals surface area contributed by atoms with Crippen molar-refractivity contribution in [2.75, 3.05) is 13.1 Å². The van der Waals surface area contributed by atoms with Crippen LogP contribution in [0.5, 0.6) is 0 Å². The van der Waals surface area contributed by atoms with Crippen LogP contribution < -0.4 is 10.6 Å². The molecule has 1 spiro atoms. The Morgan fingerprint density at radius 3 is 2.47 bits per heavy atom. The smallest absolute Gasteiger partial charge is 0.226 e. The lowest BCUT2D eigenvalue weighted by Crippen LogP contribution is -2.63. The molecule has 0 aromatic heterocycles. The summed E-state index contributed by atoms with van der Waals surface area (Å²) < 4.78 is 0. The first-order valence-corrected chi connectivity index (χ1v) is 12.6. The molecule has 1 amide bonds. The van der Waals surface area contributed by atoms with Crippen molar-refractivity contribution in [2.24, 2.45) is 22.2 Å². The lowest BCUT2D eigenvalue weighted by molar-refractivity contribution is -0.164. The fourth-order valence-corrected chi connectivity index (χ4v) is 8.94.